The van der Waals surface area contributed by atoms with Crippen LogP contribution in [0.15, 0.2) is 23.1 Å². The van der Waals surface area contributed by atoms with Crippen molar-refractivity contribution in [1.29, 1.82) is 0 Å². The average Bonchev–Trinajstić information content (AvgIpc) is 2.45. The van der Waals surface area contributed by atoms with Crippen molar-refractivity contribution in [2.45, 2.75) is 44.2 Å². The molecule has 4 nitrogen and oxygen atoms in total. The minimum absolute atomic E-state index is 0.0555. The predicted molar refractivity (Wildman–Crippen MR) is 91.4 cm³/mol. The molecule has 1 unspecified atom stereocenters. The molecular formula is C15H26N2O2S2. The first kappa shape index (κ1) is 18.5. The van der Waals surface area contributed by atoms with Gasteiger partial charge in [0, 0.05) is 12.6 Å². The van der Waals surface area contributed by atoms with Crippen LogP contribution in [0.5, 0.6) is 0 Å². The third kappa shape index (κ3) is 5.62. The van der Waals surface area contributed by atoms with Gasteiger partial charge in [-0.05, 0) is 56.0 Å². The zero-order valence-electron chi connectivity index (χ0n) is 13.3. The van der Waals surface area contributed by atoms with Crippen molar-refractivity contribution in [3.05, 3.63) is 29.3 Å². The number of nitrogens with one attached hydrogen (secondary N) is 2. The Morgan fingerprint density at radius 3 is 2.62 bits per heavy atom. The van der Waals surface area contributed by atoms with Crippen LogP contribution >= 0.6 is 11.8 Å². The van der Waals surface area contributed by atoms with Gasteiger partial charge in [-0.3, -0.25) is 0 Å². The quantitative estimate of drug-likeness (QED) is 0.730. The molecule has 0 radical (unpaired) electrons. The fourth-order valence-electron chi connectivity index (χ4n) is 2.14. The number of rotatable bonds is 9. The first-order valence-corrected chi connectivity index (χ1v) is 10.1. The highest BCUT2D eigenvalue weighted by atomic mass is 32.2. The molecule has 21 heavy (non-hydrogen) atoms. The van der Waals surface area contributed by atoms with Gasteiger partial charge in [0.05, 0.1) is 4.90 Å². The summed E-state index contributed by atoms with van der Waals surface area (Å²) in [4.78, 5) is 0.411. The summed E-state index contributed by atoms with van der Waals surface area (Å²) in [7, 11) is -1.61. The summed E-state index contributed by atoms with van der Waals surface area (Å²) in [5.74, 6) is 0.949. The van der Waals surface area contributed by atoms with Crippen molar-refractivity contribution in [3.8, 4) is 0 Å². The van der Waals surface area contributed by atoms with Crippen LogP contribution in [-0.4, -0.2) is 33.5 Å². The molecule has 0 saturated heterocycles. The summed E-state index contributed by atoms with van der Waals surface area (Å²) in [6.07, 6.45) is 3.56. The van der Waals surface area contributed by atoms with Gasteiger partial charge in [-0.2, -0.15) is 11.8 Å². The van der Waals surface area contributed by atoms with Gasteiger partial charge in [-0.15, -0.1) is 0 Å². The Kier molecular flexibility index (Phi) is 7.73. The van der Waals surface area contributed by atoms with Gasteiger partial charge in [0.2, 0.25) is 10.0 Å². The van der Waals surface area contributed by atoms with Gasteiger partial charge in [-0.25, -0.2) is 13.1 Å². The minimum Gasteiger partial charge on any atom is -0.316 e. The number of sulfonamides is 1. The van der Waals surface area contributed by atoms with E-state index in [1.54, 1.807) is 17.8 Å². The van der Waals surface area contributed by atoms with Crippen LogP contribution in [0.2, 0.25) is 0 Å². The maximum absolute atomic E-state index is 12.6. The Hall–Kier alpha value is -0.560. The molecule has 6 heteroatoms. The lowest BCUT2D eigenvalue weighted by atomic mass is 10.1. The molecule has 0 aliphatic heterocycles. The van der Waals surface area contributed by atoms with E-state index in [2.05, 4.69) is 10.0 Å². The van der Waals surface area contributed by atoms with E-state index in [9.17, 15) is 8.42 Å². The monoisotopic (exact) mass is 330 g/mol. The molecule has 1 aromatic carbocycles. The third-order valence-electron chi connectivity index (χ3n) is 3.29. The maximum Gasteiger partial charge on any atom is 0.241 e. The molecule has 0 heterocycles. The van der Waals surface area contributed by atoms with Crippen LogP contribution in [0.25, 0.3) is 0 Å². The average molecular weight is 331 g/mol. The summed E-state index contributed by atoms with van der Waals surface area (Å²) in [6, 6.07) is 5.61. The predicted octanol–water partition coefficient (Wildman–Crippen LogP) is 2.39. The normalized spacial score (nSPS) is 13.3. The lowest BCUT2D eigenvalue weighted by Gasteiger charge is -2.16. The second kappa shape index (κ2) is 8.78. The summed E-state index contributed by atoms with van der Waals surface area (Å²) >= 11 is 1.73. The van der Waals surface area contributed by atoms with Gasteiger partial charge in [-0.1, -0.05) is 19.1 Å². The third-order valence-corrected chi connectivity index (χ3v) is 5.61. The molecule has 1 rings (SSSR count). The van der Waals surface area contributed by atoms with Crippen molar-refractivity contribution >= 4 is 21.8 Å². The molecule has 0 saturated carbocycles. The molecule has 120 valence electrons. The molecule has 0 spiro atoms. The van der Waals surface area contributed by atoms with Crippen LogP contribution < -0.4 is 10.0 Å². The lowest BCUT2D eigenvalue weighted by molar-refractivity contribution is 0.556. The summed E-state index contributed by atoms with van der Waals surface area (Å²) in [5, 5.41) is 3.05. The van der Waals surface area contributed by atoms with Crippen molar-refractivity contribution in [1.82, 2.24) is 10.0 Å². The number of hydrogen-bond donors (Lipinski definition) is 2. The molecule has 1 atom stereocenters. The van der Waals surface area contributed by atoms with Crippen LogP contribution in [0, 0.1) is 0 Å². The van der Waals surface area contributed by atoms with Crippen LogP contribution in [0.3, 0.4) is 0 Å². The molecule has 2 N–H and O–H groups in total. The van der Waals surface area contributed by atoms with E-state index in [0.29, 0.717) is 17.9 Å². The standard InChI is InChI=1S/C15H26N2O2S2/c1-5-14-7-6-13(11-16-3)10-15(14)21(18,19)17-12(2)8-9-20-4/h6-7,10,12,16-17H,5,8-9,11H2,1-4H3. The van der Waals surface area contributed by atoms with E-state index in [1.165, 1.54) is 0 Å². The topological polar surface area (TPSA) is 58.2 Å². The zero-order chi connectivity index (χ0) is 15.9. The molecule has 0 aliphatic carbocycles. The first-order chi connectivity index (χ1) is 9.94. The Bertz CT molecular complexity index is 545. The number of benzene rings is 1. The summed E-state index contributed by atoms with van der Waals surface area (Å²) < 4.78 is 28.0. The fourth-order valence-corrected chi connectivity index (χ4v) is 4.37. The maximum atomic E-state index is 12.6. The molecule has 1 aromatic rings. The molecule has 0 aliphatic rings. The lowest BCUT2D eigenvalue weighted by Crippen LogP contribution is -2.33. The van der Waals surface area contributed by atoms with Gasteiger partial charge in [0.15, 0.2) is 0 Å². The number of thioether (sulfide) groups is 1. The van der Waals surface area contributed by atoms with Gasteiger partial charge in [0.25, 0.3) is 0 Å². The van der Waals surface area contributed by atoms with Gasteiger partial charge >= 0.3 is 0 Å². The van der Waals surface area contributed by atoms with E-state index in [4.69, 9.17) is 0 Å². The van der Waals surface area contributed by atoms with E-state index in [1.807, 2.05) is 39.3 Å². The molecular weight excluding hydrogens is 304 g/mol. The minimum atomic E-state index is -3.46. The van der Waals surface area contributed by atoms with Crippen molar-refractivity contribution in [3.63, 3.8) is 0 Å². The van der Waals surface area contributed by atoms with Gasteiger partial charge in [0.1, 0.15) is 0 Å². The number of hydrogen-bond acceptors (Lipinski definition) is 4. The van der Waals surface area contributed by atoms with Gasteiger partial charge < -0.3 is 5.32 Å². The molecule has 0 bridgehead atoms. The van der Waals surface area contributed by atoms with Crippen molar-refractivity contribution in [2.24, 2.45) is 0 Å². The van der Waals surface area contributed by atoms with E-state index in [0.717, 1.165) is 23.3 Å². The highest BCUT2D eigenvalue weighted by Crippen LogP contribution is 2.19. The highest BCUT2D eigenvalue weighted by molar-refractivity contribution is 7.98. The van der Waals surface area contributed by atoms with Crippen molar-refractivity contribution in [2.75, 3.05) is 19.1 Å². The Balaban J connectivity index is 3.02. The fraction of sp³-hybridized carbons (Fsp3) is 0.600. The molecule has 0 fully saturated rings. The Labute approximate surface area is 133 Å². The van der Waals surface area contributed by atoms with E-state index in [-0.39, 0.29) is 6.04 Å². The molecule has 0 aromatic heterocycles. The van der Waals surface area contributed by atoms with E-state index < -0.39 is 10.0 Å². The smallest absolute Gasteiger partial charge is 0.241 e. The Morgan fingerprint density at radius 1 is 1.33 bits per heavy atom. The second-order valence-corrected chi connectivity index (χ2v) is 7.80. The largest absolute Gasteiger partial charge is 0.316 e. The number of aryl methyl sites for hydroxylation is 1. The highest BCUT2D eigenvalue weighted by Gasteiger charge is 2.20. The summed E-state index contributed by atoms with van der Waals surface area (Å²) in [5.41, 5.74) is 1.84. The molecule has 0 amide bonds. The SMILES string of the molecule is CCc1ccc(CNC)cc1S(=O)(=O)NC(C)CCSC. The zero-order valence-corrected chi connectivity index (χ0v) is 14.9. The summed E-state index contributed by atoms with van der Waals surface area (Å²) in [6.45, 7) is 4.55. The van der Waals surface area contributed by atoms with E-state index >= 15 is 0 Å². The van der Waals surface area contributed by atoms with Crippen molar-refractivity contribution < 1.29 is 8.42 Å². The van der Waals surface area contributed by atoms with Crippen LogP contribution in [0.1, 0.15) is 31.4 Å². The first-order valence-electron chi connectivity index (χ1n) is 7.22. The second-order valence-electron chi connectivity index (χ2n) is 5.13. The van der Waals surface area contributed by atoms with Crippen LogP contribution in [-0.2, 0) is 23.0 Å². The Morgan fingerprint density at radius 2 is 2.05 bits per heavy atom. The van der Waals surface area contributed by atoms with Crippen LogP contribution in [0.4, 0.5) is 0 Å².